The molecule has 0 unspecified atom stereocenters. The molecule has 4 aromatic rings. The molecule has 3 heterocycles. The van der Waals surface area contributed by atoms with Gasteiger partial charge in [0.1, 0.15) is 24.8 Å². The van der Waals surface area contributed by atoms with Gasteiger partial charge in [-0.1, -0.05) is 57.6 Å². The first-order chi connectivity index (χ1) is 15.2. The fraction of sp³-hybridized carbons (Fsp3) is 0.308. The Morgan fingerprint density at radius 2 is 0.875 bits per heavy atom. The van der Waals surface area contributed by atoms with Gasteiger partial charge in [0.05, 0.1) is 14.1 Å². The highest BCUT2D eigenvalue weighted by atomic mass is 15.2. The number of benzene rings is 2. The van der Waals surface area contributed by atoms with Gasteiger partial charge in [0.2, 0.25) is 0 Å². The van der Waals surface area contributed by atoms with Crippen LogP contribution in [0.3, 0.4) is 0 Å². The third-order valence-electron chi connectivity index (χ3n) is 7.22. The molecule has 0 saturated heterocycles. The summed E-state index contributed by atoms with van der Waals surface area (Å²) in [6.07, 6.45) is 8.95. The fourth-order valence-electron chi connectivity index (χ4n) is 6.15. The van der Waals surface area contributed by atoms with Crippen LogP contribution in [-0.2, 0) is 14.1 Å². The minimum absolute atomic E-state index is 0.133. The number of nitrogens with zero attached hydrogens (tertiary/aromatic N) is 4. The number of imidazole rings is 2. The van der Waals surface area contributed by atoms with Crippen molar-refractivity contribution >= 4 is 36.1 Å². The first-order valence-corrected chi connectivity index (χ1v) is 11.5. The average Bonchev–Trinajstić information content (AvgIpc) is 3.25. The van der Waals surface area contributed by atoms with E-state index in [2.05, 4.69) is 123 Å². The van der Waals surface area contributed by atoms with E-state index in [4.69, 9.17) is 0 Å². The van der Waals surface area contributed by atoms with E-state index in [1.165, 1.54) is 55.8 Å². The van der Waals surface area contributed by atoms with Gasteiger partial charge < -0.3 is 0 Å². The van der Waals surface area contributed by atoms with Crippen LogP contribution >= 0.6 is 0 Å². The predicted molar refractivity (Wildman–Crippen MR) is 133 cm³/mol. The summed E-state index contributed by atoms with van der Waals surface area (Å²) in [6.45, 7) is 13.7. The summed E-state index contributed by atoms with van der Waals surface area (Å²) in [5, 5.41) is 0. The molecular weight excluding hydrogens is 390 g/mol. The van der Waals surface area contributed by atoms with Crippen LogP contribution in [0, 0.1) is 41.5 Å². The Labute approximate surface area is 192 Å². The Balaban J connectivity index is 1.86. The molecule has 5 rings (SSSR count). The molecule has 0 radical (unpaired) electrons. The zero-order chi connectivity index (χ0) is 22.9. The van der Waals surface area contributed by atoms with E-state index in [-0.39, 0.29) is 13.7 Å². The number of hydrogen-bond acceptors (Lipinski definition) is 0. The molecule has 1 aliphatic heterocycles. The van der Waals surface area contributed by atoms with Crippen LogP contribution in [-0.4, -0.2) is 22.8 Å². The Morgan fingerprint density at radius 1 is 0.562 bits per heavy atom. The summed E-state index contributed by atoms with van der Waals surface area (Å²) in [6, 6.07) is 9.27. The maximum Gasteiger partial charge on any atom is 0.540 e. The van der Waals surface area contributed by atoms with Crippen molar-refractivity contribution in [2.75, 3.05) is 0 Å². The molecule has 0 aliphatic carbocycles. The summed E-state index contributed by atoms with van der Waals surface area (Å²) in [5.74, 6) is 0. The topological polar surface area (TPSA) is 17.6 Å². The Hall–Kier alpha value is -3.01. The molecule has 2 aromatic heterocycles. The zero-order valence-electron chi connectivity index (χ0n) is 20.6. The monoisotopic (exact) mass is 422 g/mol. The summed E-state index contributed by atoms with van der Waals surface area (Å²) < 4.78 is 9.61. The molecule has 0 fully saturated rings. The van der Waals surface area contributed by atoms with Crippen molar-refractivity contribution in [2.45, 2.75) is 41.5 Å². The number of aryl methyl sites for hydroxylation is 8. The normalized spacial score (nSPS) is 12.9. The molecule has 0 amide bonds. The van der Waals surface area contributed by atoms with Gasteiger partial charge in [-0.25, -0.2) is 9.13 Å². The van der Waals surface area contributed by atoms with Crippen molar-refractivity contribution in [1.29, 1.82) is 0 Å². The van der Waals surface area contributed by atoms with Crippen LogP contribution in [0.2, 0.25) is 0 Å². The van der Waals surface area contributed by atoms with E-state index in [1.807, 2.05) is 0 Å². The summed E-state index contributed by atoms with van der Waals surface area (Å²) in [4.78, 5) is 0. The molecular formula is C26H32B2N4+2. The molecule has 32 heavy (non-hydrogen) atoms. The van der Waals surface area contributed by atoms with Crippen molar-refractivity contribution < 1.29 is 8.96 Å². The molecule has 1 aliphatic rings. The van der Waals surface area contributed by atoms with Crippen LogP contribution < -0.4 is 31.3 Å². The van der Waals surface area contributed by atoms with Crippen molar-refractivity contribution in [3.8, 4) is 0 Å². The second-order valence-electron chi connectivity index (χ2n) is 9.78. The van der Waals surface area contributed by atoms with Crippen molar-refractivity contribution in [1.82, 2.24) is 9.13 Å². The Kier molecular flexibility index (Phi) is 4.74. The van der Waals surface area contributed by atoms with Crippen LogP contribution in [0.15, 0.2) is 49.1 Å². The van der Waals surface area contributed by atoms with E-state index in [9.17, 15) is 0 Å². The van der Waals surface area contributed by atoms with Crippen molar-refractivity contribution in [3.05, 3.63) is 82.4 Å². The van der Waals surface area contributed by atoms with Crippen LogP contribution in [0.25, 0.3) is 0 Å². The highest BCUT2D eigenvalue weighted by molar-refractivity contribution is 6.84. The fourth-order valence-corrected chi connectivity index (χ4v) is 6.15. The quantitative estimate of drug-likeness (QED) is 0.367. The van der Waals surface area contributed by atoms with E-state index >= 15 is 0 Å². The third-order valence-corrected chi connectivity index (χ3v) is 7.22. The van der Waals surface area contributed by atoms with Crippen LogP contribution in [0.5, 0.6) is 0 Å². The van der Waals surface area contributed by atoms with Crippen molar-refractivity contribution in [3.63, 3.8) is 0 Å². The molecule has 0 spiro atoms. The third kappa shape index (κ3) is 2.92. The minimum Gasteiger partial charge on any atom is -0.288 e. The first kappa shape index (κ1) is 20.9. The number of fused-ring (bicyclic) bond motifs is 2. The standard InChI is InChI=1S/C26H32B2N4/c1-17-13-19(3)23(20(4)14-17)27-25-29(7)10-12-32(25)28(26-30(8)9-11-31(26)27)24-21(5)15-18(2)16-22(24)6/h9-16H,1-8H3/q+2. The molecule has 6 heteroatoms. The summed E-state index contributed by atoms with van der Waals surface area (Å²) in [5.41, 5.74) is 13.5. The largest absolute Gasteiger partial charge is 0.540 e. The van der Waals surface area contributed by atoms with Gasteiger partial charge in [-0.05, 0) is 52.5 Å². The van der Waals surface area contributed by atoms with Gasteiger partial charge in [0.25, 0.3) is 11.4 Å². The maximum absolute atomic E-state index is 2.50. The van der Waals surface area contributed by atoms with Crippen LogP contribution in [0.4, 0.5) is 0 Å². The zero-order valence-corrected chi connectivity index (χ0v) is 20.6. The second-order valence-corrected chi connectivity index (χ2v) is 9.78. The summed E-state index contributed by atoms with van der Waals surface area (Å²) in [7, 11) is 4.36. The van der Waals surface area contributed by atoms with Gasteiger partial charge in [0, 0.05) is 0 Å². The van der Waals surface area contributed by atoms with E-state index < -0.39 is 0 Å². The van der Waals surface area contributed by atoms with Crippen molar-refractivity contribution in [2.24, 2.45) is 14.1 Å². The highest BCUT2D eigenvalue weighted by Gasteiger charge is 2.56. The molecule has 160 valence electrons. The highest BCUT2D eigenvalue weighted by Crippen LogP contribution is 2.10. The first-order valence-electron chi connectivity index (χ1n) is 11.5. The van der Waals surface area contributed by atoms with E-state index in [0.29, 0.717) is 0 Å². The maximum atomic E-state index is 2.50. The van der Waals surface area contributed by atoms with E-state index in [1.54, 1.807) is 0 Å². The number of rotatable bonds is 2. The van der Waals surface area contributed by atoms with Gasteiger partial charge >= 0.3 is 13.7 Å². The lowest BCUT2D eigenvalue weighted by molar-refractivity contribution is -0.568. The lowest BCUT2D eigenvalue weighted by Crippen LogP contribution is -2.92. The Morgan fingerprint density at radius 3 is 1.19 bits per heavy atom. The van der Waals surface area contributed by atoms with Gasteiger partial charge in [-0.3, -0.25) is 8.96 Å². The lowest BCUT2D eigenvalue weighted by atomic mass is 9.43. The van der Waals surface area contributed by atoms with Gasteiger partial charge in [0.15, 0.2) is 0 Å². The predicted octanol–water partition coefficient (Wildman–Crippen LogP) is 0.411. The minimum atomic E-state index is 0.133. The average molecular weight is 422 g/mol. The second kappa shape index (κ2) is 7.26. The smallest absolute Gasteiger partial charge is 0.288 e. The molecule has 2 aromatic carbocycles. The molecule has 0 atom stereocenters. The van der Waals surface area contributed by atoms with Gasteiger partial charge in [-0.15, -0.1) is 0 Å². The lowest BCUT2D eigenvalue weighted by Gasteiger charge is -2.24. The molecule has 0 bridgehead atoms. The Bertz CT molecular complexity index is 1230. The van der Waals surface area contributed by atoms with Gasteiger partial charge in [-0.2, -0.15) is 0 Å². The number of hydrogen-bond donors (Lipinski definition) is 0. The molecule has 0 saturated carbocycles. The van der Waals surface area contributed by atoms with Crippen LogP contribution in [0.1, 0.15) is 33.4 Å². The summed E-state index contributed by atoms with van der Waals surface area (Å²) >= 11 is 0. The SMILES string of the molecule is Cc1cc(C)c(B2c3n(C)cc[n+]3B(c3c(C)cc(C)cc3C)c3n(C)cc[n+]32)c(C)c1. The number of aromatic nitrogens is 4. The molecule has 4 nitrogen and oxygen atoms in total. The van der Waals surface area contributed by atoms with E-state index in [0.717, 1.165) is 0 Å². The molecule has 0 N–H and O–H groups in total.